The SMILES string of the molecule is O=C(Cc1cc(F)cc(F)c1)NCC(=O)N[C@@H]1C(=O)Nc2cc(F)ccc2O[C@@H]1c1ccccc1. The molecule has 1 heterocycles. The number of nitrogens with one attached hydrogen (secondary N) is 3. The maximum atomic E-state index is 13.7. The molecule has 4 rings (SSSR count). The van der Waals surface area contributed by atoms with Gasteiger partial charge in [0, 0.05) is 12.1 Å². The number of anilines is 1. The number of carbonyl (C=O) groups excluding carboxylic acids is 3. The van der Waals surface area contributed by atoms with Gasteiger partial charge in [0.05, 0.1) is 18.7 Å². The van der Waals surface area contributed by atoms with Crippen LogP contribution in [-0.2, 0) is 20.8 Å². The molecule has 3 N–H and O–H groups in total. The minimum absolute atomic E-state index is 0.103. The molecule has 0 saturated carbocycles. The molecule has 0 bridgehead atoms. The Labute approximate surface area is 198 Å². The van der Waals surface area contributed by atoms with Crippen LogP contribution in [0, 0.1) is 17.5 Å². The van der Waals surface area contributed by atoms with Crippen LogP contribution in [-0.4, -0.2) is 30.3 Å². The number of rotatable bonds is 6. The van der Waals surface area contributed by atoms with Crippen molar-refractivity contribution in [3.8, 4) is 5.75 Å². The Bertz CT molecular complexity index is 1250. The Balaban J connectivity index is 1.46. The summed E-state index contributed by atoms with van der Waals surface area (Å²) in [6.45, 7) is -0.497. The second kappa shape index (κ2) is 10.3. The molecule has 0 radical (unpaired) electrons. The molecule has 3 aromatic rings. The van der Waals surface area contributed by atoms with Crippen LogP contribution in [0.2, 0.25) is 0 Å². The van der Waals surface area contributed by atoms with E-state index in [2.05, 4.69) is 16.0 Å². The monoisotopic (exact) mass is 483 g/mol. The highest BCUT2D eigenvalue weighted by molar-refractivity contribution is 6.00. The first kappa shape index (κ1) is 23.8. The molecule has 10 heteroatoms. The molecule has 0 unspecified atom stereocenters. The van der Waals surface area contributed by atoms with Crippen LogP contribution in [0.1, 0.15) is 17.2 Å². The average molecular weight is 483 g/mol. The zero-order valence-corrected chi connectivity index (χ0v) is 18.2. The van der Waals surface area contributed by atoms with Crippen LogP contribution in [0.4, 0.5) is 18.9 Å². The summed E-state index contributed by atoms with van der Waals surface area (Å²) in [5.41, 5.74) is 0.802. The lowest BCUT2D eigenvalue weighted by Crippen LogP contribution is -2.50. The fourth-order valence-electron chi connectivity index (χ4n) is 3.66. The molecule has 180 valence electrons. The van der Waals surface area contributed by atoms with E-state index in [1.165, 1.54) is 12.1 Å². The molecule has 0 aromatic heterocycles. The largest absolute Gasteiger partial charge is 0.481 e. The van der Waals surface area contributed by atoms with Gasteiger partial charge in [0.25, 0.3) is 5.91 Å². The number of hydrogen-bond acceptors (Lipinski definition) is 4. The zero-order valence-electron chi connectivity index (χ0n) is 18.2. The van der Waals surface area contributed by atoms with Gasteiger partial charge in [-0.15, -0.1) is 0 Å². The summed E-state index contributed by atoms with van der Waals surface area (Å²) in [5.74, 6) is -3.98. The van der Waals surface area contributed by atoms with Crippen molar-refractivity contribution in [2.75, 3.05) is 11.9 Å². The van der Waals surface area contributed by atoms with Crippen molar-refractivity contribution < 1.29 is 32.3 Å². The van der Waals surface area contributed by atoms with Crippen LogP contribution < -0.4 is 20.7 Å². The third-order valence-electron chi connectivity index (χ3n) is 5.22. The molecule has 1 aliphatic heterocycles. The summed E-state index contributed by atoms with van der Waals surface area (Å²) in [4.78, 5) is 37.7. The summed E-state index contributed by atoms with van der Waals surface area (Å²) in [5, 5.41) is 7.44. The van der Waals surface area contributed by atoms with Crippen molar-refractivity contribution in [1.29, 1.82) is 0 Å². The van der Waals surface area contributed by atoms with Gasteiger partial charge in [-0.25, -0.2) is 13.2 Å². The van der Waals surface area contributed by atoms with Crippen LogP contribution in [0.25, 0.3) is 0 Å². The van der Waals surface area contributed by atoms with Crippen LogP contribution in [0.5, 0.6) is 5.75 Å². The number of hydrogen-bond donors (Lipinski definition) is 3. The number of carbonyl (C=O) groups is 3. The lowest BCUT2D eigenvalue weighted by Gasteiger charge is -2.25. The highest BCUT2D eigenvalue weighted by atomic mass is 19.1. The molecule has 2 atom stereocenters. The van der Waals surface area contributed by atoms with Gasteiger partial charge >= 0.3 is 0 Å². The summed E-state index contributed by atoms with van der Waals surface area (Å²) in [7, 11) is 0. The maximum absolute atomic E-state index is 13.7. The van der Waals surface area contributed by atoms with Crippen molar-refractivity contribution in [3.05, 3.63) is 95.3 Å². The molecule has 0 spiro atoms. The minimum atomic E-state index is -1.21. The third kappa shape index (κ3) is 5.97. The second-order valence-electron chi connectivity index (χ2n) is 7.86. The highest BCUT2D eigenvalue weighted by Gasteiger charge is 2.36. The molecular formula is C25H20F3N3O4. The van der Waals surface area contributed by atoms with E-state index in [-0.39, 0.29) is 23.4 Å². The van der Waals surface area contributed by atoms with Gasteiger partial charge in [0.2, 0.25) is 11.8 Å². The first-order valence-corrected chi connectivity index (χ1v) is 10.6. The first-order chi connectivity index (χ1) is 16.8. The van der Waals surface area contributed by atoms with Crippen molar-refractivity contribution in [1.82, 2.24) is 10.6 Å². The molecular weight excluding hydrogens is 463 g/mol. The molecule has 0 saturated heterocycles. The maximum Gasteiger partial charge on any atom is 0.251 e. The van der Waals surface area contributed by atoms with E-state index in [4.69, 9.17) is 4.74 Å². The normalized spacial score (nSPS) is 16.8. The van der Waals surface area contributed by atoms with Gasteiger partial charge in [-0.2, -0.15) is 0 Å². The Hall–Kier alpha value is -4.34. The molecule has 35 heavy (non-hydrogen) atoms. The van der Waals surface area contributed by atoms with E-state index < -0.39 is 53.9 Å². The number of halogens is 3. The van der Waals surface area contributed by atoms with Crippen molar-refractivity contribution in [2.24, 2.45) is 0 Å². The number of fused-ring (bicyclic) bond motifs is 1. The van der Waals surface area contributed by atoms with Gasteiger partial charge in [-0.1, -0.05) is 30.3 Å². The van der Waals surface area contributed by atoms with Crippen molar-refractivity contribution in [3.63, 3.8) is 0 Å². The number of benzene rings is 3. The first-order valence-electron chi connectivity index (χ1n) is 10.6. The molecule has 0 aliphatic carbocycles. The Morgan fingerprint density at radius 1 is 0.886 bits per heavy atom. The number of amides is 3. The van der Waals surface area contributed by atoms with E-state index in [0.717, 1.165) is 18.2 Å². The fourth-order valence-corrected chi connectivity index (χ4v) is 3.66. The quantitative estimate of drug-likeness (QED) is 0.502. The van der Waals surface area contributed by atoms with Crippen LogP contribution in [0.3, 0.4) is 0 Å². The van der Waals surface area contributed by atoms with Gasteiger partial charge in [-0.3, -0.25) is 14.4 Å². The predicted octanol–water partition coefficient (Wildman–Crippen LogP) is 3.02. The Kier molecular flexibility index (Phi) is 7.00. The summed E-state index contributed by atoms with van der Waals surface area (Å²) < 4.78 is 46.3. The van der Waals surface area contributed by atoms with Crippen LogP contribution >= 0.6 is 0 Å². The molecule has 0 fully saturated rings. The second-order valence-corrected chi connectivity index (χ2v) is 7.86. The fraction of sp³-hybridized carbons (Fsp3) is 0.160. The number of ether oxygens (including phenoxy) is 1. The zero-order chi connectivity index (χ0) is 24.9. The van der Waals surface area contributed by atoms with Crippen LogP contribution in [0.15, 0.2) is 66.7 Å². The lowest BCUT2D eigenvalue weighted by atomic mass is 10.0. The Morgan fingerprint density at radius 3 is 2.31 bits per heavy atom. The van der Waals surface area contributed by atoms with E-state index >= 15 is 0 Å². The highest BCUT2D eigenvalue weighted by Crippen LogP contribution is 2.35. The summed E-state index contributed by atoms with van der Waals surface area (Å²) in [6, 6.07) is 13.8. The van der Waals surface area contributed by atoms with E-state index in [1.54, 1.807) is 30.3 Å². The van der Waals surface area contributed by atoms with Gasteiger partial charge in [0.1, 0.15) is 29.2 Å². The third-order valence-corrected chi connectivity index (χ3v) is 5.22. The van der Waals surface area contributed by atoms with Gasteiger partial charge in [-0.05, 0) is 35.4 Å². The summed E-state index contributed by atoms with van der Waals surface area (Å²) >= 11 is 0. The molecule has 7 nitrogen and oxygen atoms in total. The molecule has 1 aliphatic rings. The van der Waals surface area contributed by atoms with E-state index in [0.29, 0.717) is 11.6 Å². The lowest BCUT2D eigenvalue weighted by molar-refractivity contribution is -0.129. The minimum Gasteiger partial charge on any atom is -0.481 e. The van der Waals surface area contributed by atoms with Gasteiger partial charge < -0.3 is 20.7 Å². The Morgan fingerprint density at radius 2 is 1.60 bits per heavy atom. The molecule has 3 amide bonds. The average Bonchev–Trinajstić information content (AvgIpc) is 2.93. The van der Waals surface area contributed by atoms with Crippen molar-refractivity contribution >= 4 is 23.4 Å². The van der Waals surface area contributed by atoms with Crippen molar-refractivity contribution in [2.45, 2.75) is 18.6 Å². The molecule has 3 aromatic carbocycles. The topological polar surface area (TPSA) is 96.5 Å². The predicted molar refractivity (Wildman–Crippen MR) is 120 cm³/mol. The summed E-state index contributed by atoms with van der Waals surface area (Å²) in [6.07, 6.45) is -1.29. The standard InChI is InChI=1S/C25H20F3N3O4/c26-16-6-7-20-19(12-16)30-25(34)23(24(35-20)15-4-2-1-3-5-15)31-22(33)13-29-21(32)10-14-8-17(27)11-18(28)9-14/h1-9,11-12,23-24H,10,13H2,(H,29,32)(H,30,34)(H,31,33)/t23-,24+/m0/s1. The smallest absolute Gasteiger partial charge is 0.251 e. The van der Waals surface area contributed by atoms with E-state index in [1.807, 2.05) is 0 Å². The van der Waals surface area contributed by atoms with Gasteiger partial charge in [0.15, 0.2) is 6.10 Å². The van der Waals surface area contributed by atoms with E-state index in [9.17, 15) is 27.6 Å².